The highest BCUT2D eigenvalue weighted by atomic mass is 127. The first-order chi connectivity index (χ1) is 5.24. The summed E-state index contributed by atoms with van der Waals surface area (Å²) in [6.07, 6.45) is 0.646. The second-order valence-corrected chi connectivity index (χ2v) is 5.51. The standard InChI is InChI=1S/C7H6BrIOS/c8-7-2-1-6(11-7)5(10)3-4-9/h1-2H,3-4H2. The number of ketones is 1. The fourth-order valence-electron chi connectivity index (χ4n) is 0.673. The van der Waals surface area contributed by atoms with Crippen LogP contribution in [0, 0.1) is 0 Å². The molecule has 4 heteroatoms. The molecule has 0 aliphatic carbocycles. The Morgan fingerprint density at radius 1 is 1.64 bits per heavy atom. The Kier molecular flexibility index (Phi) is 4.01. The van der Waals surface area contributed by atoms with Gasteiger partial charge in [0.1, 0.15) is 0 Å². The molecule has 0 aliphatic rings. The SMILES string of the molecule is O=C(CCI)c1ccc(Br)s1. The van der Waals surface area contributed by atoms with Gasteiger partial charge >= 0.3 is 0 Å². The third-order valence-corrected chi connectivity index (χ3v) is 3.37. The Morgan fingerprint density at radius 3 is 2.82 bits per heavy atom. The Morgan fingerprint density at radius 2 is 2.36 bits per heavy atom. The number of carbonyl (C=O) groups excluding carboxylic acids is 1. The van der Waals surface area contributed by atoms with Crippen LogP contribution in [0.15, 0.2) is 15.9 Å². The molecule has 1 nitrogen and oxygen atoms in total. The number of carbonyl (C=O) groups is 1. The van der Waals surface area contributed by atoms with E-state index in [-0.39, 0.29) is 5.78 Å². The summed E-state index contributed by atoms with van der Waals surface area (Å²) in [7, 11) is 0. The van der Waals surface area contributed by atoms with Crippen LogP contribution in [-0.4, -0.2) is 10.2 Å². The van der Waals surface area contributed by atoms with Gasteiger partial charge in [0.2, 0.25) is 0 Å². The molecule has 0 fully saturated rings. The van der Waals surface area contributed by atoms with Crippen LogP contribution in [0.3, 0.4) is 0 Å². The maximum atomic E-state index is 11.2. The first-order valence-electron chi connectivity index (χ1n) is 3.08. The summed E-state index contributed by atoms with van der Waals surface area (Å²) in [5.41, 5.74) is 0. The fraction of sp³-hybridized carbons (Fsp3) is 0.286. The Labute approximate surface area is 91.5 Å². The molecule has 60 valence electrons. The predicted octanol–water partition coefficient (Wildman–Crippen LogP) is 3.52. The minimum Gasteiger partial charge on any atom is -0.293 e. The van der Waals surface area contributed by atoms with E-state index >= 15 is 0 Å². The lowest BCUT2D eigenvalue weighted by Crippen LogP contribution is -1.95. The van der Waals surface area contributed by atoms with E-state index in [1.807, 2.05) is 12.1 Å². The first-order valence-corrected chi connectivity index (χ1v) is 6.22. The van der Waals surface area contributed by atoms with Crippen molar-refractivity contribution in [2.24, 2.45) is 0 Å². The molecule has 0 aliphatic heterocycles. The maximum absolute atomic E-state index is 11.2. The van der Waals surface area contributed by atoms with Gasteiger partial charge in [-0.2, -0.15) is 0 Å². The molecule has 0 amide bonds. The van der Waals surface area contributed by atoms with Crippen molar-refractivity contribution in [3.8, 4) is 0 Å². The van der Waals surface area contributed by atoms with Gasteiger partial charge in [-0.15, -0.1) is 11.3 Å². The zero-order chi connectivity index (χ0) is 8.27. The van der Waals surface area contributed by atoms with E-state index in [4.69, 9.17) is 0 Å². The number of rotatable bonds is 3. The first kappa shape index (κ1) is 9.67. The molecule has 0 saturated carbocycles. The summed E-state index contributed by atoms with van der Waals surface area (Å²) in [4.78, 5) is 12.1. The van der Waals surface area contributed by atoms with Gasteiger partial charge in [-0.1, -0.05) is 22.6 Å². The summed E-state index contributed by atoms with van der Waals surface area (Å²) < 4.78 is 1.92. The normalized spacial score (nSPS) is 10.0. The minimum absolute atomic E-state index is 0.245. The van der Waals surface area contributed by atoms with Crippen LogP contribution < -0.4 is 0 Å². The Balaban J connectivity index is 2.69. The molecule has 1 aromatic heterocycles. The molecule has 0 atom stereocenters. The molecule has 0 aromatic carbocycles. The summed E-state index contributed by atoms with van der Waals surface area (Å²) in [5.74, 6) is 0.245. The predicted molar refractivity (Wildman–Crippen MR) is 59.9 cm³/mol. The highest BCUT2D eigenvalue weighted by molar-refractivity contribution is 14.1. The van der Waals surface area contributed by atoms with Gasteiger partial charge in [0.15, 0.2) is 5.78 Å². The molecular weight excluding hydrogens is 339 g/mol. The fourth-order valence-corrected chi connectivity index (χ4v) is 2.52. The van der Waals surface area contributed by atoms with E-state index in [1.165, 1.54) is 11.3 Å². The lowest BCUT2D eigenvalue weighted by Gasteiger charge is -1.90. The zero-order valence-electron chi connectivity index (χ0n) is 5.64. The molecule has 0 saturated heterocycles. The average Bonchev–Trinajstić information content (AvgIpc) is 2.36. The van der Waals surface area contributed by atoms with Gasteiger partial charge in [0.25, 0.3) is 0 Å². The van der Waals surface area contributed by atoms with Crippen LogP contribution in [0.2, 0.25) is 0 Å². The van der Waals surface area contributed by atoms with Gasteiger partial charge in [-0.25, -0.2) is 0 Å². The number of halogens is 2. The Hall–Kier alpha value is 0.580. The quantitative estimate of drug-likeness (QED) is 0.466. The largest absolute Gasteiger partial charge is 0.293 e. The monoisotopic (exact) mass is 344 g/mol. The topological polar surface area (TPSA) is 17.1 Å². The molecule has 1 aromatic rings. The van der Waals surface area contributed by atoms with Crippen molar-refractivity contribution in [1.82, 2.24) is 0 Å². The highest BCUT2D eigenvalue weighted by Gasteiger charge is 2.06. The molecule has 0 unspecified atom stereocenters. The Bertz CT molecular complexity index is 259. The third-order valence-electron chi connectivity index (χ3n) is 1.17. The zero-order valence-corrected chi connectivity index (χ0v) is 10.2. The van der Waals surface area contributed by atoms with Crippen LogP contribution in [0.4, 0.5) is 0 Å². The average molecular weight is 345 g/mol. The number of hydrogen-bond donors (Lipinski definition) is 0. The highest BCUT2D eigenvalue weighted by Crippen LogP contribution is 2.23. The van der Waals surface area contributed by atoms with Crippen molar-refractivity contribution in [3.05, 3.63) is 20.8 Å². The number of Topliss-reactive ketones (excluding diaryl/α,β-unsaturated/α-hetero) is 1. The molecule has 0 radical (unpaired) electrons. The number of hydrogen-bond acceptors (Lipinski definition) is 2. The molecule has 0 N–H and O–H groups in total. The van der Waals surface area contributed by atoms with Gasteiger partial charge in [0, 0.05) is 10.8 Å². The third kappa shape index (κ3) is 2.83. The second kappa shape index (κ2) is 4.57. The number of thiophene rings is 1. The lowest BCUT2D eigenvalue weighted by molar-refractivity contribution is 0.0994. The molecular formula is C7H6BrIOS. The van der Waals surface area contributed by atoms with E-state index in [1.54, 1.807) is 0 Å². The van der Waals surface area contributed by atoms with Crippen molar-refractivity contribution in [3.63, 3.8) is 0 Å². The van der Waals surface area contributed by atoms with Crippen molar-refractivity contribution in [2.75, 3.05) is 4.43 Å². The van der Waals surface area contributed by atoms with E-state index in [0.717, 1.165) is 13.1 Å². The van der Waals surface area contributed by atoms with E-state index in [2.05, 4.69) is 38.5 Å². The van der Waals surface area contributed by atoms with Crippen LogP contribution in [0.5, 0.6) is 0 Å². The molecule has 0 bridgehead atoms. The van der Waals surface area contributed by atoms with Crippen molar-refractivity contribution < 1.29 is 4.79 Å². The van der Waals surface area contributed by atoms with Crippen LogP contribution in [0.1, 0.15) is 16.1 Å². The summed E-state index contributed by atoms with van der Waals surface area (Å²) in [6, 6.07) is 3.77. The number of alkyl halides is 1. The van der Waals surface area contributed by atoms with Crippen molar-refractivity contribution in [2.45, 2.75) is 6.42 Å². The maximum Gasteiger partial charge on any atom is 0.173 e. The summed E-state index contributed by atoms with van der Waals surface area (Å²) >= 11 is 7.02. The van der Waals surface area contributed by atoms with Crippen LogP contribution in [-0.2, 0) is 0 Å². The van der Waals surface area contributed by atoms with Gasteiger partial charge in [0.05, 0.1) is 8.66 Å². The summed E-state index contributed by atoms with van der Waals surface area (Å²) in [6.45, 7) is 0. The lowest BCUT2D eigenvalue weighted by atomic mass is 10.3. The van der Waals surface area contributed by atoms with E-state index in [0.29, 0.717) is 6.42 Å². The van der Waals surface area contributed by atoms with Crippen molar-refractivity contribution >= 4 is 55.6 Å². The molecule has 1 heterocycles. The van der Waals surface area contributed by atoms with Crippen LogP contribution >= 0.6 is 49.9 Å². The van der Waals surface area contributed by atoms with Gasteiger partial charge in [-0.3, -0.25) is 4.79 Å². The van der Waals surface area contributed by atoms with E-state index in [9.17, 15) is 4.79 Å². The molecule has 1 rings (SSSR count). The smallest absolute Gasteiger partial charge is 0.173 e. The molecule has 11 heavy (non-hydrogen) atoms. The molecule has 0 spiro atoms. The summed E-state index contributed by atoms with van der Waals surface area (Å²) in [5, 5.41) is 0. The minimum atomic E-state index is 0.245. The van der Waals surface area contributed by atoms with Crippen LogP contribution in [0.25, 0.3) is 0 Å². The second-order valence-electron chi connectivity index (χ2n) is 1.97. The van der Waals surface area contributed by atoms with Gasteiger partial charge in [-0.05, 0) is 28.1 Å². The van der Waals surface area contributed by atoms with Gasteiger partial charge < -0.3 is 0 Å². The van der Waals surface area contributed by atoms with Crippen molar-refractivity contribution in [1.29, 1.82) is 0 Å². The van der Waals surface area contributed by atoms with E-state index < -0.39 is 0 Å².